The Morgan fingerprint density at radius 2 is 2.03 bits per heavy atom. The molecular weight excluding hydrogens is 474 g/mol. The standard InChI is InChI=1S/C27H32ClN7O/c1-17-12-20(19-5-9-34(10-6-19)15-18-2-3-18)13-23-25(17)33-26(32-23)24-22(4-7-30-27(24)36)29-8-11-35-16-21(28)14-31-35/h4,7,12-14,16,18-19H,2-3,5-6,8-11,15H2,1H3,(H,32,33)(H2,29,30,36). The zero-order valence-electron chi connectivity index (χ0n) is 20.6. The molecule has 0 radical (unpaired) electrons. The molecule has 1 aromatic carbocycles. The summed E-state index contributed by atoms with van der Waals surface area (Å²) in [6, 6.07) is 6.40. The summed E-state index contributed by atoms with van der Waals surface area (Å²) in [5, 5.41) is 8.18. The van der Waals surface area contributed by atoms with Crippen molar-refractivity contribution < 1.29 is 0 Å². The zero-order chi connectivity index (χ0) is 24.6. The molecule has 9 heteroatoms. The van der Waals surface area contributed by atoms with Gasteiger partial charge in [0, 0.05) is 25.5 Å². The van der Waals surface area contributed by atoms with Crippen LogP contribution in [0.15, 0.2) is 41.6 Å². The van der Waals surface area contributed by atoms with Crippen molar-refractivity contribution in [2.75, 3.05) is 31.5 Å². The van der Waals surface area contributed by atoms with Gasteiger partial charge in [-0.05, 0) is 80.8 Å². The van der Waals surface area contributed by atoms with Crippen molar-refractivity contribution in [2.45, 2.75) is 45.1 Å². The number of halogens is 1. The molecule has 0 atom stereocenters. The average Bonchev–Trinajstić information content (AvgIpc) is 3.41. The maximum atomic E-state index is 12.9. The number of rotatable bonds is 8. The Hall–Kier alpha value is -3.10. The number of pyridine rings is 1. The quantitative estimate of drug-likeness (QED) is 0.320. The van der Waals surface area contributed by atoms with Crippen LogP contribution in [-0.2, 0) is 6.54 Å². The molecule has 4 aromatic rings. The molecule has 188 valence electrons. The minimum Gasteiger partial charge on any atom is -0.382 e. The van der Waals surface area contributed by atoms with Gasteiger partial charge in [-0.25, -0.2) is 4.98 Å². The van der Waals surface area contributed by atoms with Crippen molar-refractivity contribution in [1.82, 2.24) is 29.6 Å². The lowest BCUT2D eigenvalue weighted by Crippen LogP contribution is -2.34. The van der Waals surface area contributed by atoms with Gasteiger partial charge in [-0.3, -0.25) is 9.48 Å². The lowest BCUT2D eigenvalue weighted by molar-refractivity contribution is 0.205. The molecule has 0 amide bonds. The fourth-order valence-corrected chi connectivity index (χ4v) is 5.57. The number of aromatic nitrogens is 5. The first-order chi connectivity index (χ1) is 17.5. The van der Waals surface area contributed by atoms with E-state index in [2.05, 4.69) is 44.3 Å². The van der Waals surface area contributed by atoms with Gasteiger partial charge < -0.3 is 20.2 Å². The number of aromatic amines is 2. The third-order valence-electron chi connectivity index (χ3n) is 7.53. The molecule has 36 heavy (non-hydrogen) atoms. The number of benzene rings is 1. The van der Waals surface area contributed by atoms with Gasteiger partial charge in [0.2, 0.25) is 0 Å². The van der Waals surface area contributed by atoms with Crippen LogP contribution in [0, 0.1) is 12.8 Å². The Balaban J connectivity index is 1.22. The van der Waals surface area contributed by atoms with Crippen LogP contribution in [0.25, 0.3) is 22.4 Å². The van der Waals surface area contributed by atoms with E-state index in [4.69, 9.17) is 16.6 Å². The summed E-state index contributed by atoms with van der Waals surface area (Å²) < 4.78 is 1.77. The largest absolute Gasteiger partial charge is 0.382 e. The van der Waals surface area contributed by atoms with Gasteiger partial charge in [0.1, 0.15) is 11.4 Å². The van der Waals surface area contributed by atoms with Gasteiger partial charge in [0.15, 0.2) is 0 Å². The van der Waals surface area contributed by atoms with Crippen molar-refractivity contribution >= 4 is 28.3 Å². The first-order valence-electron chi connectivity index (χ1n) is 12.9. The normalized spacial score (nSPS) is 17.2. The van der Waals surface area contributed by atoms with Crippen LogP contribution in [-0.4, -0.2) is 55.8 Å². The molecule has 1 saturated carbocycles. The Morgan fingerprint density at radius 3 is 2.78 bits per heavy atom. The van der Waals surface area contributed by atoms with Gasteiger partial charge in [-0.2, -0.15) is 5.10 Å². The Labute approximate surface area is 215 Å². The van der Waals surface area contributed by atoms with E-state index in [1.165, 1.54) is 50.9 Å². The summed E-state index contributed by atoms with van der Waals surface area (Å²) in [5.41, 5.74) is 5.49. The van der Waals surface area contributed by atoms with E-state index in [1.54, 1.807) is 23.3 Å². The minimum atomic E-state index is -0.179. The summed E-state index contributed by atoms with van der Waals surface area (Å²) in [7, 11) is 0. The fraction of sp³-hybridized carbons (Fsp3) is 0.444. The first-order valence-corrected chi connectivity index (χ1v) is 13.3. The summed E-state index contributed by atoms with van der Waals surface area (Å²) in [5.74, 6) is 2.10. The van der Waals surface area contributed by atoms with Crippen LogP contribution in [0.2, 0.25) is 5.02 Å². The number of nitrogens with one attached hydrogen (secondary N) is 3. The monoisotopic (exact) mass is 505 g/mol. The number of anilines is 1. The van der Waals surface area contributed by atoms with E-state index in [9.17, 15) is 4.79 Å². The van der Waals surface area contributed by atoms with Crippen molar-refractivity contribution in [2.24, 2.45) is 5.92 Å². The molecule has 2 aliphatic rings. The number of hydrogen-bond donors (Lipinski definition) is 3. The molecule has 0 unspecified atom stereocenters. The molecular formula is C27H32ClN7O. The van der Waals surface area contributed by atoms with E-state index < -0.39 is 0 Å². The number of likely N-dealkylation sites (tertiary alicyclic amines) is 1. The van der Waals surface area contributed by atoms with Crippen LogP contribution < -0.4 is 10.9 Å². The van der Waals surface area contributed by atoms with Gasteiger partial charge in [0.05, 0.1) is 34.5 Å². The van der Waals surface area contributed by atoms with Crippen LogP contribution >= 0.6 is 11.6 Å². The number of fused-ring (bicyclic) bond motifs is 1. The number of hydrogen-bond acceptors (Lipinski definition) is 5. The van der Waals surface area contributed by atoms with Crippen LogP contribution in [0.4, 0.5) is 5.69 Å². The molecule has 3 aromatic heterocycles. The minimum absolute atomic E-state index is 0.179. The molecule has 4 heterocycles. The molecule has 1 aliphatic carbocycles. The highest BCUT2D eigenvalue weighted by Gasteiger charge is 2.28. The second kappa shape index (κ2) is 9.75. The highest BCUT2D eigenvalue weighted by Crippen LogP contribution is 2.35. The molecule has 0 spiro atoms. The number of nitrogens with zero attached hydrogens (tertiary/aromatic N) is 4. The van der Waals surface area contributed by atoms with E-state index in [1.807, 2.05) is 6.07 Å². The maximum absolute atomic E-state index is 12.9. The fourth-order valence-electron chi connectivity index (χ4n) is 5.41. The number of H-pyrrole nitrogens is 2. The smallest absolute Gasteiger partial charge is 0.261 e. The summed E-state index contributed by atoms with van der Waals surface area (Å²) in [6.07, 6.45) is 10.3. The van der Waals surface area contributed by atoms with E-state index in [-0.39, 0.29) is 5.56 Å². The number of aryl methyl sites for hydroxylation is 1. The van der Waals surface area contributed by atoms with Gasteiger partial charge in [0.25, 0.3) is 5.56 Å². The van der Waals surface area contributed by atoms with Gasteiger partial charge in [-0.1, -0.05) is 17.7 Å². The molecule has 1 saturated heterocycles. The Morgan fingerprint density at radius 1 is 1.19 bits per heavy atom. The van der Waals surface area contributed by atoms with Crippen LogP contribution in [0.5, 0.6) is 0 Å². The summed E-state index contributed by atoms with van der Waals surface area (Å²) >= 11 is 5.96. The van der Waals surface area contributed by atoms with Gasteiger partial charge >= 0.3 is 0 Å². The first kappa shape index (κ1) is 23.3. The summed E-state index contributed by atoms with van der Waals surface area (Å²) in [4.78, 5) is 26.6. The third-order valence-corrected chi connectivity index (χ3v) is 7.72. The van der Waals surface area contributed by atoms with Crippen molar-refractivity contribution in [3.63, 3.8) is 0 Å². The maximum Gasteiger partial charge on any atom is 0.261 e. The Kier molecular flexibility index (Phi) is 6.31. The second-order valence-electron chi connectivity index (χ2n) is 10.3. The molecule has 8 nitrogen and oxygen atoms in total. The highest BCUT2D eigenvalue weighted by molar-refractivity contribution is 6.30. The topological polar surface area (TPSA) is 94.6 Å². The van der Waals surface area contributed by atoms with E-state index in [0.29, 0.717) is 35.4 Å². The van der Waals surface area contributed by atoms with Crippen molar-refractivity contribution in [3.05, 3.63) is 63.3 Å². The van der Waals surface area contributed by atoms with Gasteiger partial charge in [-0.15, -0.1) is 0 Å². The second-order valence-corrected chi connectivity index (χ2v) is 10.7. The molecule has 3 N–H and O–H groups in total. The average molecular weight is 506 g/mol. The molecule has 2 fully saturated rings. The summed E-state index contributed by atoms with van der Waals surface area (Å²) in [6.45, 7) is 6.99. The van der Waals surface area contributed by atoms with E-state index >= 15 is 0 Å². The Bertz CT molecular complexity index is 1430. The lowest BCUT2D eigenvalue weighted by Gasteiger charge is -2.32. The van der Waals surface area contributed by atoms with Crippen LogP contribution in [0.3, 0.4) is 0 Å². The number of piperidine rings is 1. The third kappa shape index (κ3) is 4.92. The molecule has 0 bridgehead atoms. The number of imidazole rings is 1. The molecule has 1 aliphatic heterocycles. The zero-order valence-corrected chi connectivity index (χ0v) is 21.3. The highest BCUT2D eigenvalue weighted by atomic mass is 35.5. The van der Waals surface area contributed by atoms with Crippen molar-refractivity contribution in [3.8, 4) is 11.4 Å². The lowest BCUT2D eigenvalue weighted by atomic mass is 9.88. The SMILES string of the molecule is Cc1cc(C2CCN(CC3CC3)CC2)cc2[nH]c(-c3c(NCCn4cc(Cl)cn4)cc[nH]c3=O)nc12. The molecule has 6 rings (SSSR count). The predicted octanol–water partition coefficient (Wildman–Crippen LogP) is 4.78. The predicted molar refractivity (Wildman–Crippen MR) is 144 cm³/mol. The van der Waals surface area contributed by atoms with Crippen molar-refractivity contribution in [1.29, 1.82) is 0 Å². The van der Waals surface area contributed by atoms with Crippen LogP contribution in [0.1, 0.15) is 42.7 Å². The van der Waals surface area contributed by atoms with E-state index in [0.717, 1.165) is 28.2 Å².